The molecule has 0 fully saturated rings. The second-order valence-electron chi connectivity index (χ2n) is 5.37. The van der Waals surface area contributed by atoms with E-state index in [-0.39, 0.29) is 17.1 Å². The summed E-state index contributed by atoms with van der Waals surface area (Å²) in [5, 5.41) is 9.73. The van der Waals surface area contributed by atoms with Crippen LogP contribution < -0.4 is 0 Å². The van der Waals surface area contributed by atoms with Crippen LogP contribution in [0.4, 0.5) is 0 Å². The minimum Gasteiger partial charge on any atom is -0.507 e. The second kappa shape index (κ2) is 6.96. The third-order valence-corrected chi connectivity index (χ3v) is 4.12. The van der Waals surface area contributed by atoms with E-state index >= 15 is 0 Å². The predicted molar refractivity (Wildman–Crippen MR) is 90.9 cm³/mol. The molecule has 2 rings (SSSR count). The molecule has 23 heavy (non-hydrogen) atoms. The van der Waals surface area contributed by atoms with Gasteiger partial charge in [-0.25, -0.2) is 4.79 Å². The van der Waals surface area contributed by atoms with E-state index < -0.39 is 12.1 Å². The zero-order valence-corrected chi connectivity index (χ0v) is 14.7. The van der Waals surface area contributed by atoms with Gasteiger partial charge in [-0.2, -0.15) is 0 Å². The molecule has 2 aromatic rings. The number of esters is 1. The third kappa shape index (κ3) is 3.99. The van der Waals surface area contributed by atoms with Crippen LogP contribution >= 0.6 is 15.9 Å². The number of Topliss-reactive ketones (excluding diaryl/α,β-unsaturated/α-hetero) is 1. The molecule has 120 valence electrons. The second-order valence-corrected chi connectivity index (χ2v) is 6.29. The van der Waals surface area contributed by atoms with E-state index in [2.05, 4.69) is 15.9 Å². The summed E-state index contributed by atoms with van der Waals surface area (Å²) < 4.78 is 5.82. The Morgan fingerprint density at radius 1 is 1.09 bits per heavy atom. The van der Waals surface area contributed by atoms with Crippen molar-refractivity contribution in [3.05, 3.63) is 63.1 Å². The molecule has 1 atom stereocenters. The van der Waals surface area contributed by atoms with Gasteiger partial charge in [-0.3, -0.25) is 4.79 Å². The smallest absolute Gasteiger partial charge is 0.342 e. The minimum absolute atomic E-state index is 0.0131. The monoisotopic (exact) mass is 376 g/mol. The molecule has 0 aliphatic carbocycles. The molecule has 0 bridgehead atoms. The van der Waals surface area contributed by atoms with Gasteiger partial charge in [0.1, 0.15) is 11.3 Å². The molecule has 0 unspecified atom stereocenters. The number of benzene rings is 2. The first kappa shape index (κ1) is 17.2. The molecule has 0 radical (unpaired) electrons. The highest BCUT2D eigenvalue weighted by Crippen LogP contribution is 2.23. The highest BCUT2D eigenvalue weighted by molar-refractivity contribution is 9.10. The quantitative estimate of drug-likeness (QED) is 0.641. The van der Waals surface area contributed by atoms with Crippen LogP contribution in [0.15, 0.2) is 40.9 Å². The van der Waals surface area contributed by atoms with Gasteiger partial charge in [0.05, 0.1) is 0 Å². The van der Waals surface area contributed by atoms with Gasteiger partial charge < -0.3 is 9.84 Å². The average Bonchev–Trinajstić information content (AvgIpc) is 2.51. The number of phenolic OH excluding ortho intramolecular Hbond substituents is 1. The van der Waals surface area contributed by atoms with Gasteiger partial charge in [-0.1, -0.05) is 28.1 Å². The predicted octanol–water partition coefficient (Wildman–Crippen LogP) is 4.20. The molecule has 2 aromatic carbocycles. The first-order chi connectivity index (χ1) is 10.8. The molecule has 4 nitrogen and oxygen atoms in total. The molecule has 0 spiro atoms. The van der Waals surface area contributed by atoms with Crippen molar-refractivity contribution in [2.45, 2.75) is 26.9 Å². The number of phenols is 1. The van der Waals surface area contributed by atoms with Gasteiger partial charge in [0.15, 0.2) is 6.10 Å². The van der Waals surface area contributed by atoms with Gasteiger partial charge in [0.2, 0.25) is 5.78 Å². The summed E-state index contributed by atoms with van der Waals surface area (Å²) in [4.78, 5) is 24.5. The van der Waals surface area contributed by atoms with E-state index in [1.54, 1.807) is 18.2 Å². The van der Waals surface area contributed by atoms with Crippen LogP contribution in [-0.2, 0) is 4.74 Å². The number of aryl methyl sites for hydroxylation is 2. The maximum absolute atomic E-state index is 12.4. The molecule has 0 aliphatic rings. The molecule has 0 amide bonds. The summed E-state index contributed by atoms with van der Waals surface area (Å²) in [5.41, 5.74) is 2.59. The number of aromatic hydroxyl groups is 1. The summed E-state index contributed by atoms with van der Waals surface area (Å²) in [6, 6.07) is 9.79. The van der Waals surface area contributed by atoms with E-state index in [0.29, 0.717) is 10.0 Å². The van der Waals surface area contributed by atoms with Crippen LogP contribution in [-0.4, -0.2) is 23.0 Å². The molecule has 0 aromatic heterocycles. The molecule has 5 heteroatoms. The van der Waals surface area contributed by atoms with Crippen molar-refractivity contribution in [2.75, 3.05) is 0 Å². The van der Waals surface area contributed by atoms with Crippen molar-refractivity contribution in [2.24, 2.45) is 0 Å². The minimum atomic E-state index is -0.942. The lowest BCUT2D eigenvalue weighted by atomic mass is 10.0. The van der Waals surface area contributed by atoms with Crippen molar-refractivity contribution in [1.82, 2.24) is 0 Å². The van der Waals surface area contributed by atoms with Crippen LogP contribution in [0.25, 0.3) is 0 Å². The first-order valence-electron chi connectivity index (χ1n) is 7.10. The lowest BCUT2D eigenvalue weighted by molar-refractivity contribution is 0.0316. The zero-order chi connectivity index (χ0) is 17.1. The van der Waals surface area contributed by atoms with Crippen LogP contribution in [0.2, 0.25) is 0 Å². The zero-order valence-electron chi connectivity index (χ0n) is 13.1. The Bertz CT molecular complexity index is 768. The molecular weight excluding hydrogens is 360 g/mol. The van der Waals surface area contributed by atoms with Gasteiger partial charge in [0.25, 0.3) is 0 Å². The summed E-state index contributed by atoms with van der Waals surface area (Å²) in [5.74, 6) is -1.21. The number of rotatable bonds is 4. The molecule has 1 N–H and O–H groups in total. The van der Waals surface area contributed by atoms with Crippen molar-refractivity contribution >= 4 is 27.7 Å². The van der Waals surface area contributed by atoms with E-state index in [1.165, 1.54) is 19.1 Å². The highest BCUT2D eigenvalue weighted by Gasteiger charge is 2.22. The normalized spacial score (nSPS) is 11.8. The Balaban J connectivity index is 2.15. The lowest BCUT2D eigenvalue weighted by Gasteiger charge is -2.14. The Morgan fingerprint density at radius 3 is 2.43 bits per heavy atom. The largest absolute Gasteiger partial charge is 0.507 e. The molecule has 0 saturated carbocycles. The summed E-state index contributed by atoms with van der Waals surface area (Å²) in [6.45, 7) is 5.40. The average molecular weight is 377 g/mol. The van der Waals surface area contributed by atoms with E-state index in [9.17, 15) is 14.7 Å². The summed E-state index contributed by atoms with van der Waals surface area (Å²) >= 11 is 3.23. The third-order valence-electron chi connectivity index (χ3n) is 3.62. The van der Waals surface area contributed by atoms with Crippen molar-refractivity contribution in [3.63, 3.8) is 0 Å². The molecule has 0 aliphatic heterocycles. The first-order valence-corrected chi connectivity index (χ1v) is 7.90. The van der Waals surface area contributed by atoms with Crippen LogP contribution in [0, 0.1) is 13.8 Å². The summed E-state index contributed by atoms with van der Waals surface area (Å²) in [6.07, 6.45) is -0.942. The topological polar surface area (TPSA) is 63.6 Å². The molecular formula is C18H17BrO4. The van der Waals surface area contributed by atoms with Crippen LogP contribution in [0.5, 0.6) is 5.75 Å². The van der Waals surface area contributed by atoms with Gasteiger partial charge in [-0.15, -0.1) is 0 Å². The SMILES string of the molecule is Cc1ccc(C(=O)[C@H](C)OC(=O)c2cc(Br)ccc2O)cc1C. The number of hydrogen-bond donors (Lipinski definition) is 1. The van der Waals surface area contributed by atoms with E-state index in [4.69, 9.17) is 4.74 Å². The standard InChI is InChI=1S/C18H17BrO4/c1-10-4-5-13(8-11(10)2)17(21)12(3)23-18(22)15-9-14(19)6-7-16(15)20/h4-9,12,20H,1-3H3/t12-/m0/s1. The van der Waals surface area contributed by atoms with Crippen LogP contribution in [0.3, 0.4) is 0 Å². The number of ketones is 1. The van der Waals surface area contributed by atoms with Gasteiger partial charge in [-0.05, 0) is 56.2 Å². The Labute approximate surface area is 143 Å². The maximum atomic E-state index is 12.4. The fourth-order valence-corrected chi connectivity index (χ4v) is 2.44. The Kier molecular flexibility index (Phi) is 5.21. The summed E-state index contributed by atoms with van der Waals surface area (Å²) in [7, 11) is 0. The van der Waals surface area contributed by atoms with Crippen molar-refractivity contribution < 1.29 is 19.4 Å². The fourth-order valence-electron chi connectivity index (χ4n) is 2.08. The molecule has 0 heterocycles. The number of carbonyl (C=O) groups excluding carboxylic acids is 2. The number of ether oxygens (including phenoxy) is 1. The van der Waals surface area contributed by atoms with E-state index in [0.717, 1.165) is 11.1 Å². The van der Waals surface area contributed by atoms with Gasteiger partial charge >= 0.3 is 5.97 Å². The lowest BCUT2D eigenvalue weighted by Crippen LogP contribution is -2.24. The number of carbonyl (C=O) groups is 2. The Morgan fingerprint density at radius 2 is 1.78 bits per heavy atom. The fraction of sp³-hybridized carbons (Fsp3) is 0.222. The number of halogens is 1. The van der Waals surface area contributed by atoms with Crippen molar-refractivity contribution in [3.8, 4) is 5.75 Å². The van der Waals surface area contributed by atoms with Gasteiger partial charge in [0, 0.05) is 10.0 Å². The highest BCUT2D eigenvalue weighted by atomic mass is 79.9. The number of hydrogen-bond acceptors (Lipinski definition) is 4. The maximum Gasteiger partial charge on any atom is 0.342 e. The van der Waals surface area contributed by atoms with Crippen LogP contribution in [0.1, 0.15) is 38.8 Å². The Hall–Kier alpha value is -2.14. The van der Waals surface area contributed by atoms with Crippen molar-refractivity contribution in [1.29, 1.82) is 0 Å². The molecule has 0 saturated heterocycles. The van der Waals surface area contributed by atoms with E-state index in [1.807, 2.05) is 19.9 Å².